The van der Waals surface area contributed by atoms with Gasteiger partial charge in [-0.25, -0.2) is 9.29 Å². The number of nitro groups is 1. The number of hydrogen-bond donors (Lipinski definition) is 0. The van der Waals surface area contributed by atoms with Crippen LogP contribution >= 0.6 is 0 Å². The number of hydrazone groups is 1. The molecule has 3 aliphatic rings. The summed E-state index contributed by atoms with van der Waals surface area (Å²) in [6.07, 6.45) is 4.76. The van der Waals surface area contributed by atoms with Crippen LogP contribution in [0.2, 0.25) is 0 Å². The lowest BCUT2D eigenvalue weighted by Crippen LogP contribution is -2.46. The molecule has 3 heterocycles. The highest BCUT2D eigenvalue weighted by Crippen LogP contribution is 2.48. The van der Waals surface area contributed by atoms with Gasteiger partial charge in [-0.1, -0.05) is 6.08 Å². The molecule has 2 saturated heterocycles. The third-order valence-corrected chi connectivity index (χ3v) is 6.30. The highest BCUT2D eigenvalue weighted by Gasteiger charge is 2.64. The lowest BCUT2D eigenvalue weighted by Gasteiger charge is -2.30. The van der Waals surface area contributed by atoms with E-state index in [0.29, 0.717) is 0 Å². The first-order valence-corrected chi connectivity index (χ1v) is 10.3. The Morgan fingerprint density at radius 3 is 2.50 bits per heavy atom. The van der Waals surface area contributed by atoms with Gasteiger partial charge < -0.3 is 4.74 Å². The number of hydrogen-bond acceptors (Lipinski definition) is 8. The van der Waals surface area contributed by atoms with Gasteiger partial charge in [0.25, 0.3) is 5.69 Å². The van der Waals surface area contributed by atoms with E-state index in [9.17, 15) is 28.9 Å². The van der Waals surface area contributed by atoms with E-state index in [0.717, 1.165) is 23.1 Å². The molecule has 0 saturated carbocycles. The highest BCUT2D eigenvalue weighted by molar-refractivity contribution is 6.25. The van der Waals surface area contributed by atoms with Gasteiger partial charge in [0.15, 0.2) is 5.78 Å². The number of ketones is 1. The Kier molecular flexibility index (Phi) is 4.96. The van der Waals surface area contributed by atoms with Crippen LogP contribution in [0.1, 0.15) is 10.4 Å². The number of halogens is 1. The third-order valence-electron chi connectivity index (χ3n) is 6.30. The highest BCUT2D eigenvalue weighted by atomic mass is 19.1. The molecule has 5 rings (SSSR count). The van der Waals surface area contributed by atoms with E-state index in [1.54, 1.807) is 12.2 Å². The topological polar surface area (TPSA) is 122 Å². The number of methoxy groups -OCH3 is 1. The number of carbonyl (C=O) groups excluding carboxylic acids is 3. The third kappa shape index (κ3) is 3.08. The largest absolute Gasteiger partial charge is 0.495 e. The van der Waals surface area contributed by atoms with E-state index in [1.165, 1.54) is 42.6 Å². The Balaban J connectivity index is 1.60. The number of nitrogens with zero attached hydrogens (tertiary/aromatic N) is 4. The van der Waals surface area contributed by atoms with Crippen molar-refractivity contribution in [2.45, 2.75) is 12.1 Å². The number of nitro benzene ring substituents is 1. The molecule has 11 heteroatoms. The van der Waals surface area contributed by atoms with E-state index < -0.39 is 52.3 Å². The second-order valence-electron chi connectivity index (χ2n) is 8.01. The molecule has 2 aromatic carbocycles. The summed E-state index contributed by atoms with van der Waals surface area (Å²) in [5.74, 6) is -4.25. The van der Waals surface area contributed by atoms with E-state index in [-0.39, 0.29) is 22.7 Å². The van der Waals surface area contributed by atoms with Gasteiger partial charge in [0.05, 0.1) is 29.9 Å². The summed E-state index contributed by atoms with van der Waals surface area (Å²) in [4.78, 5) is 52.2. The zero-order chi connectivity index (χ0) is 24.1. The van der Waals surface area contributed by atoms with Gasteiger partial charge in [-0.05, 0) is 36.4 Å². The molecule has 2 amide bonds. The van der Waals surface area contributed by atoms with Gasteiger partial charge in [0.2, 0.25) is 11.8 Å². The molecule has 10 nitrogen and oxygen atoms in total. The number of rotatable bonds is 5. The number of allylic oxidation sites excluding steroid dienone is 1. The first-order valence-electron chi connectivity index (χ1n) is 10.3. The summed E-state index contributed by atoms with van der Waals surface area (Å²) in [6.45, 7) is 0. The van der Waals surface area contributed by atoms with Gasteiger partial charge in [-0.15, -0.1) is 0 Å². The molecule has 4 atom stereocenters. The van der Waals surface area contributed by atoms with E-state index >= 15 is 0 Å². The van der Waals surface area contributed by atoms with Crippen LogP contribution in [-0.2, 0) is 9.59 Å². The van der Waals surface area contributed by atoms with Gasteiger partial charge >= 0.3 is 0 Å². The van der Waals surface area contributed by atoms with Gasteiger partial charge in [0, 0.05) is 23.9 Å². The number of non-ortho nitro benzene ring substituents is 1. The molecule has 0 N–H and O–H groups in total. The van der Waals surface area contributed by atoms with Crippen LogP contribution in [0.15, 0.2) is 59.7 Å². The number of benzene rings is 2. The number of amides is 2. The maximum atomic E-state index is 13.7. The summed E-state index contributed by atoms with van der Waals surface area (Å²) < 4.78 is 18.7. The lowest BCUT2D eigenvalue weighted by atomic mass is 9.86. The van der Waals surface area contributed by atoms with Crippen molar-refractivity contribution in [2.75, 3.05) is 12.0 Å². The number of anilines is 1. The molecule has 2 fully saturated rings. The van der Waals surface area contributed by atoms with Crippen molar-refractivity contribution in [1.29, 1.82) is 0 Å². The van der Waals surface area contributed by atoms with Crippen LogP contribution in [-0.4, -0.2) is 52.9 Å². The van der Waals surface area contributed by atoms with Crippen molar-refractivity contribution in [2.24, 2.45) is 16.9 Å². The fourth-order valence-electron chi connectivity index (χ4n) is 4.83. The molecule has 0 spiro atoms. The van der Waals surface area contributed by atoms with Crippen molar-refractivity contribution in [3.05, 3.63) is 76.1 Å². The van der Waals surface area contributed by atoms with Crippen molar-refractivity contribution >= 4 is 35.2 Å². The number of carbonyl (C=O) groups is 3. The van der Waals surface area contributed by atoms with Crippen LogP contribution < -0.4 is 9.64 Å². The molecule has 34 heavy (non-hydrogen) atoms. The smallest absolute Gasteiger partial charge is 0.271 e. The molecule has 0 radical (unpaired) electrons. The van der Waals surface area contributed by atoms with E-state index in [4.69, 9.17) is 4.74 Å². The van der Waals surface area contributed by atoms with Gasteiger partial charge in [-0.3, -0.25) is 29.5 Å². The van der Waals surface area contributed by atoms with Crippen LogP contribution in [0.5, 0.6) is 5.75 Å². The molecule has 2 aromatic rings. The monoisotopic (exact) mass is 464 g/mol. The molecule has 0 aliphatic carbocycles. The number of fused-ring (bicyclic) bond motifs is 3. The Morgan fingerprint density at radius 1 is 1.12 bits per heavy atom. The average Bonchev–Trinajstić information content (AvgIpc) is 3.31. The zero-order valence-corrected chi connectivity index (χ0v) is 17.7. The summed E-state index contributed by atoms with van der Waals surface area (Å²) in [5.41, 5.74) is -0.220. The van der Waals surface area contributed by atoms with Crippen molar-refractivity contribution in [3.8, 4) is 5.75 Å². The van der Waals surface area contributed by atoms with Crippen molar-refractivity contribution < 1.29 is 28.4 Å². The maximum Gasteiger partial charge on any atom is 0.271 e. The number of imide groups is 1. The standard InChI is InChI=1S/C23H17FN4O6/c1-34-17-9-8-14(28(32)33)11-16(17)26-22(30)18-15-3-2-10-25-27(15)20(19(18)23(26)31)21(29)12-4-6-13(24)7-5-12/h2-11,15,18-20H,1H3. The predicted octanol–water partition coefficient (Wildman–Crippen LogP) is 2.34. The Labute approximate surface area is 192 Å². The quantitative estimate of drug-likeness (QED) is 0.288. The fourth-order valence-corrected chi connectivity index (χ4v) is 4.83. The molecule has 0 aromatic heterocycles. The minimum atomic E-state index is -1.12. The minimum Gasteiger partial charge on any atom is -0.495 e. The maximum absolute atomic E-state index is 13.7. The van der Waals surface area contributed by atoms with E-state index in [2.05, 4.69) is 5.10 Å². The summed E-state index contributed by atoms with van der Waals surface area (Å²) >= 11 is 0. The lowest BCUT2D eigenvalue weighted by molar-refractivity contribution is -0.384. The Bertz CT molecular complexity index is 1290. The van der Waals surface area contributed by atoms with Gasteiger partial charge in [-0.2, -0.15) is 5.10 Å². The number of Topliss-reactive ketones (excluding diaryl/α,β-unsaturated/α-hetero) is 1. The molecule has 172 valence electrons. The molecule has 0 bridgehead atoms. The van der Waals surface area contributed by atoms with Crippen LogP contribution in [0.25, 0.3) is 0 Å². The summed E-state index contributed by atoms with van der Waals surface area (Å²) in [6, 6.07) is 6.72. The first-order chi connectivity index (χ1) is 16.3. The van der Waals surface area contributed by atoms with Crippen LogP contribution in [0.4, 0.5) is 15.8 Å². The van der Waals surface area contributed by atoms with Gasteiger partial charge in [0.1, 0.15) is 23.3 Å². The minimum absolute atomic E-state index is 0.0658. The SMILES string of the molecule is COc1ccc([N+](=O)[O-])cc1N1C(=O)C2C(C1=O)C(C(=O)c1ccc(F)cc1)N1N=CC=CC21. The van der Waals surface area contributed by atoms with Crippen molar-refractivity contribution in [3.63, 3.8) is 0 Å². The van der Waals surface area contributed by atoms with Crippen molar-refractivity contribution in [1.82, 2.24) is 5.01 Å². The van der Waals surface area contributed by atoms with Crippen LogP contribution in [0, 0.1) is 27.8 Å². The average molecular weight is 464 g/mol. The summed E-state index contributed by atoms with van der Waals surface area (Å²) in [5, 5.41) is 17.0. The first kappa shape index (κ1) is 21.4. The van der Waals surface area contributed by atoms with E-state index in [1.807, 2.05) is 0 Å². The second-order valence-corrected chi connectivity index (χ2v) is 8.01. The number of ether oxygens (including phenoxy) is 1. The Hall–Kier alpha value is -4.41. The fraction of sp³-hybridized carbons (Fsp3) is 0.217. The predicted molar refractivity (Wildman–Crippen MR) is 117 cm³/mol. The molecule has 4 unspecified atom stereocenters. The zero-order valence-electron chi connectivity index (χ0n) is 17.7. The normalized spacial score (nSPS) is 24.9. The summed E-state index contributed by atoms with van der Waals surface area (Å²) in [7, 11) is 1.32. The molecular weight excluding hydrogens is 447 g/mol. The second kappa shape index (κ2) is 7.87. The Morgan fingerprint density at radius 2 is 1.82 bits per heavy atom. The molecule has 3 aliphatic heterocycles. The molecular formula is C23H17FN4O6. The van der Waals surface area contributed by atoms with Crippen LogP contribution in [0.3, 0.4) is 0 Å².